The van der Waals surface area contributed by atoms with Crippen LogP contribution >= 0.6 is 0 Å². The Kier molecular flexibility index (Phi) is 14.6. The lowest BCUT2D eigenvalue weighted by molar-refractivity contribution is -0.161. The van der Waals surface area contributed by atoms with Crippen LogP contribution in [0.4, 0.5) is 0 Å². The SMILES string of the molecule is CCC(=O)OCC(C)(COCC(CC)(COC(=O)CC)COC(=O)CC)COC(=O)CC. The Balaban J connectivity index is 5.26. The lowest BCUT2D eigenvalue weighted by Crippen LogP contribution is -2.41. The Morgan fingerprint density at radius 1 is 0.531 bits per heavy atom. The van der Waals surface area contributed by atoms with Crippen molar-refractivity contribution in [1.82, 2.24) is 0 Å². The standard InChI is InChI=1S/C23H40O9/c1-7-18(24)29-13-22(6,14-30-19(25)8-2)12-28-15-23(11-5,16-31-20(26)9-3)17-32-21(27)10-4/h7-17H2,1-6H3. The third kappa shape index (κ3) is 12.0. The third-order valence-corrected chi connectivity index (χ3v) is 5.01. The van der Waals surface area contributed by atoms with E-state index in [9.17, 15) is 19.2 Å². The molecule has 0 aliphatic carbocycles. The minimum absolute atomic E-state index is 0.0193. The molecule has 0 bridgehead atoms. The lowest BCUT2D eigenvalue weighted by Gasteiger charge is -2.34. The molecule has 0 fully saturated rings. The smallest absolute Gasteiger partial charge is 0.305 e. The van der Waals surface area contributed by atoms with Gasteiger partial charge in [-0.15, -0.1) is 0 Å². The number of esters is 4. The summed E-state index contributed by atoms with van der Waals surface area (Å²) in [7, 11) is 0. The summed E-state index contributed by atoms with van der Waals surface area (Å²) in [5.74, 6) is -1.43. The Morgan fingerprint density at radius 3 is 1.19 bits per heavy atom. The predicted molar refractivity (Wildman–Crippen MR) is 117 cm³/mol. The molecule has 0 aliphatic heterocycles. The summed E-state index contributed by atoms with van der Waals surface area (Å²) >= 11 is 0. The zero-order chi connectivity index (χ0) is 24.6. The zero-order valence-corrected chi connectivity index (χ0v) is 20.5. The van der Waals surface area contributed by atoms with Crippen LogP contribution in [0.25, 0.3) is 0 Å². The Hall–Kier alpha value is -2.16. The van der Waals surface area contributed by atoms with Crippen molar-refractivity contribution >= 4 is 23.9 Å². The summed E-state index contributed by atoms with van der Waals surface area (Å²) in [6.07, 6.45) is 1.47. The van der Waals surface area contributed by atoms with Gasteiger partial charge in [0.1, 0.15) is 26.4 Å². The fourth-order valence-electron chi connectivity index (χ4n) is 2.45. The molecular formula is C23H40O9. The fourth-order valence-corrected chi connectivity index (χ4v) is 2.45. The number of ether oxygens (including phenoxy) is 5. The topological polar surface area (TPSA) is 114 Å². The fraction of sp³-hybridized carbons (Fsp3) is 0.826. The van der Waals surface area contributed by atoms with E-state index in [4.69, 9.17) is 23.7 Å². The van der Waals surface area contributed by atoms with E-state index in [-0.39, 0.29) is 89.2 Å². The molecule has 9 heteroatoms. The molecule has 0 unspecified atom stereocenters. The molecule has 0 aliphatic rings. The maximum Gasteiger partial charge on any atom is 0.305 e. The summed E-state index contributed by atoms with van der Waals surface area (Å²) in [5, 5.41) is 0. The van der Waals surface area contributed by atoms with E-state index in [0.29, 0.717) is 6.42 Å². The number of hydrogen-bond donors (Lipinski definition) is 0. The number of carbonyl (C=O) groups is 4. The van der Waals surface area contributed by atoms with Crippen LogP contribution in [0.5, 0.6) is 0 Å². The van der Waals surface area contributed by atoms with Crippen LogP contribution < -0.4 is 0 Å². The van der Waals surface area contributed by atoms with Gasteiger partial charge in [0.2, 0.25) is 0 Å². The van der Waals surface area contributed by atoms with Gasteiger partial charge in [-0.2, -0.15) is 0 Å². The molecule has 0 N–H and O–H groups in total. The van der Waals surface area contributed by atoms with Gasteiger partial charge in [0, 0.05) is 25.7 Å². The molecule has 0 rings (SSSR count). The monoisotopic (exact) mass is 460 g/mol. The molecular weight excluding hydrogens is 420 g/mol. The average molecular weight is 461 g/mol. The van der Waals surface area contributed by atoms with Crippen LogP contribution in [0.3, 0.4) is 0 Å². The molecule has 0 aromatic rings. The molecule has 0 atom stereocenters. The van der Waals surface area contributed by atoms with Crippen molar-refractivity contribution in [2.45, 2.75) is 73.6 Å². The van der Waals surface area contributed by atoms with Gasteiger partial charge in [0.15, 0.2) is 0 Å². The number of carbonyl (C=O) groups excluding carboxylic acids is 4. The van der Waals surface area contributed by atoms with Crippen molar-refractivity contribution in [2.24, 2.45) is 10.8 Å². The highest BCUT2D eigenvalue weighted by molar-refractivity contribution is 5.70. The van der Waals surface area contributed by atoms with Crippen LogP contribution in [0.2, 0.25) is 0 Å². The maximum atomic E-state index is 11.7. The van der Waals surface area contributed by atoms with E-state index in [1.807, 2.05) is 6.92 Å². The second kappa shape index (κ2) is 15.6. The molecule has 0 saturated heterocycles. The van der Waals surface area contributed by atoms with Crippen LogP contribution in [-0.2, 0) is 42.9 Å². The third-order valence-electron chi connectivity index (χ3n) is 5.01. The van der Waals surface area contributed by atoms with Crippen LogP contribution in [-0.4, -0.2) is 63.5 Å². The lowest BCUT2D eigenvalue weighted by atomic mass is 9.87. The summed E-state index contributed by atoms with van der Waals surface area (Å²) in [6, 6.07) is 0. The van der Waals surface area contributed by atoms with Crippen LogP contribution in [0.1, 0.15) is 73.6 Å². The minimum atomic E-state index is -0.769. The quantitative estimate of drug-likeness (QED) is 0.238. The predicted octanol–water partition coefficient (Wildman–Crippen LogP) is 3.22. The highest BCUT2D eigenvalue weighted by Crippen LogP contribution is 2.27. The first-order valence-electron chi connectivity index (χ1n) is 11.3. The molecule has 0 aromatic heterocycles. The molecule has 9 nitrogen and oxygen atoms in total. The molecule has 186 valence electrons. The van der Waals surface area contributed by atoms with E-state index >= 15 is 0 Å². The van der Waals surface area contributed by atoms with Gasteiger partial charge < -0.3 is 23.7 Å². The van der Waals surface area contributed by atoms with Gasteiger partial charge in [-0.05, 0) is 6.42 Å². The zero-order valence-electron chi connectivity index (χ0n) is 20.5. The maximum absolute atomic E-state index is 11.7. The second-order valence-electron chi connectivity index (χ2n) is 8.21. The van der Waals surface area contributed by atoms with E-state index in [1.54, 1.807) is 34.6 Å². The van der Waals surface area contributed by atoms with Crippen molar-refractivity contribution in [3.8, 4) is 0 Å². The molecule has 32 heavy (non-hydrogen) atoms. The number of hydrogen-bond acceptors (Lipinski definition) is 9. The van der Waals surface area contributed by atoms with Crippen LogP contribution in [0.15, 0.2) is 0 Å². The van der Waals surface area contributed by atoms with Gasteiger partial charge in [0.25, 0.3) is 0 Å². The van der Waals surface area contributed by atoms with Crippen molar-refractivity contribution in [2.75, 3.05) is 39.6 Å². The second-order valence-corrected chi connectivity index (χ2v) is 8.21. The van der Waals surface area contributed by atoms with Crippen LogP contribution in [0, 0.1) is 10.8 Å². The average Bonchev–Trinajstić information content (AvgIpc) is 2.81. The first-order chi connectivity index (χ1) is 15.1. The van der Waals surface area contributed by atoms with Gasteiger partial charge in [-0.1, -0.05) is 41.5 Å². The van der Waals surface area contributed by atoms with Crippen molar-refractivity contribution in [1.29, 1.82) is 0 Å². The van der Waals surface area contributed by atoms with E-state index < -0.39 is 10.8 Å². The summed E-state index contributed by atoms with van der Waals surface area (Å²) in [4.78, 5) is 46.6. The molecule has 0 amide bonds. The van der Waals surface area contributed by atoms with E-state index in [0.717, 1.165) is 0 Å². The van der Waals surface area contributed by atoms with Crippen molar-refractivity contribution in [3.05, 3.63) is 0 Å². The molecule has 0 heterocycles. The minimum Gasteiger partial charge on any atom is -0.465 e. The molecule has 0 radical (unpaired) electrons. The summed E-state index contributed by atoms with van der Waals surface area (Å²) in [6.45, 7) is 10.8. The molecule has 0 aromatic carbocycles. The Bertz CT molecular complexity index is 560. The van der Waals surface area contributed by atoms with Gasteiger partial charge in [0.05, 0.1) is 24.0 Å². The van der Waals surface area contributed by atoms with E-state index in [2.05, 4.69) is 0 Å². The van der Waals surface area contributed by atoms with Gasteiger partial charge in [-0.3, -0.25) is 19.2 Å². The Labute approximate surface area is 191 Å². The van der Waals surface area contributed by atoms with Crippen molar-refractivity contribution < 1.29 is 42.9 Å². The highest BCUT2D eigenvalue weighted by Gasteiger charge is 2.35. The number of rotatable bonds is 17. The first kappa shape index (κ1) is 29.8. The highest BCUT2D eigenvalue weighted by atomic mass is 16.6. The first-order valence-corrected chi connectivity index (χ1v) is 11.3. The molecule has 0 saturated carbocycles. The molecule has 0 spiro atoms. The van der Waals surface area contributed by atoms with Gasteiger partial charge in [-0.25, -0.2) is 0 Å². The van der Waals surface area contributed by atoms with E-state index in [1.165, 1.54) is 0 Å². The largest absolute Gasteiger partial charge is 0.465 e. The van der Waals surface area contributed by atoms with Gasteiger partial charge >= 0.3 is 23.9 Å². The summed E-state index contributed by atoms with van der Waals surface area (Å²) < 4.78 is 27.2. The normalized spacial score (nSPS) is 11.6. The van der Waals surface area contributed by atoms with Crippen molar-refractivity contribution in [3.63, 3.8) is 0 Å². The Morgan fingerprint density at radius 2 is 0.875 bits per heavy atom. The summed E-state index contributed by atoms with van der Waals surface area (Å²) in [5.41, 5.74) is -1.49.